The summed E-state index contributed by atoms with van der Waals surface area (Å²) in [6.45, 7) is -0.546. The minimum atomic E-state index is -0.692. The summed E-state index contributed by atoms with van der Waals surface area (Å²) in [5.74, 6) is -1.70. The fourth-order valence-electron chi connectivity index (χ4n) is 2.30. The van der Waals surface area contributed by atoms with Gasteiger partial charge in [0, 0.05) is 0 Å². The second kappa shape index (κ2) is 8.29. The fourth-order valence-corrected chi connectivity index (χ4v) is 2.92. The van der Waals surface area contributed by atoms with Crippen molar-refractivity contribution < 1.29 is 24.2 Å². The largest absolute Gasteiger partial charge is 0.508 e. The molecular weight excluding hydrogens is 366 g/mol. The third-order valence-corrected chi connectivity index (χ3v) is 4.52. The standard InChI is InChI=1S/C20H15NO5S/c22-16-9-7-14(8-10-16)13-3-5-15(6-4-13)20(25)26-12-18(23)21-19(24)17-2-1-11-27-17/h1-11,22H,12H2,(H,21,23,24). The van der Waals surface area contributed by atoms with E-state index in [1.54, 1.807) is 66.0 Å². The van der Waals surface area contributed by atoms with Gasteiger partial charge in [-0.15, -0.1) is 11.3 Å². The summed E-state index contributed by atoms with van der Waals surface area (Å²) in [6, 6.07) is 16.6. The minimum Gasteiger partial charge on any atom is -0.508 e. The molecule has 0 saturated heterocycles. The van der Waals surface area contributed by atoms with Crippen LogP contribution in [-0.2, 0) is 9.53 Å². The summed E-state index contributed by atoms with van der Waals surface area (Å²) in [6.07, 6.45) is 0. The Hall–Kier alpha value is -3.45. The van der Waals surface area contributed by atoms with Crippen LogP contribution in [0.25, 0.3) is 11.1 Å². The number of esters is 1. The molecule has 1 aromatic heterocycles. The van der Waals surface area contributed by atoms with Gasteiger partial charge in [0.05, 0.1) is 10.4 Å². The van der Waals surface area contributed by atoms with Crippen LogP contribution < -0.4 is 5.32 Å². The van der Waals surface area contributed by atoms with Crippen molar-refractivity contribution in [2.75, 3.05) is 6.61 Å². The van der Waals surface area contributed by atoms with Crippen LogP contribution in [0.5, 0.6) is 5.75 Å². The summed E-state index contributed by atoms with van der Waals surface area (Å²) in [5, 5.41) is 13.2. The Labute approximate surface area is 159 Å². The van der Waals surface area contributed by atoms with Crippen molar-refractivity contribution in [3.8, 4) is 16.9 Å². The molecule has 0 unspecified atom stereocenters. The van der Waals surface area contributed by atoms with Crippen molar-refractivity contribution in [3.63, 3.8) is 0 Å². The maximum atomic E-state index is 12.0. The first kappa shape index (κ1) is 18.3. The average molecular weight is 381 g/mol. The molecule has 3 rings (SSSR count). The molecule has 0 bridgehead atoms. The Morgan fingerprint density at radius 1 is 0.926 bits per heavy atom. The molecule has 2 amide bonds. The normalized spacial score (nSPS) is 10.2. The van der Waals surface area contributed by atoms with Crippen molar-refractivity contribution in [3.05, 3.63) is 76.5 Å². The predicted molar refractivity (Wildman–Crippen MR) is 101 cm³/mol. The van der Waals surface area contributed by atoms with E-state index in [4.69, 9.17) is 4.74 Å². The average Bonchev–Trinajstić information content (AvgIpc) is 3.22. The van der Waals surface area contributed by atoms with Gasteiger partial charge in [0.1, 0.15) is 5.75 Å². The van der Waals surface area contributed by atoms with Crippen molar-refractivity contribution in [1.29, 1.82) is 0 Å². The quantitative estimate of drug-likeness (QED) is 0.662. The molecule has 136 valence electrons. The number of hydrogen-bond donors (Lipinski definition) is 2. The summed E-state index contributed by atoms with van der Waals surface area (Å²) in [5.41, 5.74) is 2.04. The van der Waals surface area contributed by atoms with Gasteiger partial charge in [0.2, 0.25) is 0 Å². The number of ether oxygens (including phenoxy) is 1. The first-order valence-corrected chi connectivity index (χ1v) is 8.85. The van der Waals surface area contributed by atoms with Crippen molar-refractivity contribution in [2.24, 2.45) is 0 Å². The molecule has 3 aromatic rings. The van der Waals surface area contributed by atoms with Crippen molar-refractivity contribution in [1.82, 2.24) is 5.32 Å². The Balaban J connectivity index is 1.54. The number of carbonyl (C=O) groups is 3. The van der Waals surface area contributed by atoms with E-state index in [0.29, 0.717) is 4.88 Å². The van der Waals surface area contributed by atoms with E-state index in [9.17, 15) is 19.5 Å². The number of amides is 2. The van der Waals surface area contributed by atoms with E-state index < -0.39 is 24.4 Å². The number of nitrogens with one attached hydrogen (secondary N) is 1. The van der Waals surface area contributed by atoms with Gasteiger partial charge in [-0.05, 0) is 46.8 Å². The smallest absolute Gasteiger partial charge is 0.338 e. The second-order valence-corrected chi connectivity index (χ2v) is 6.50. The van der Waals surface area contributed by atoms with Crippen LogP contribution in [0.3, 0.4) is 0 Å². The van der Waals surface area contributed by atoms with Crippen molar-refractivity contribution in [2.45, 2.75) is 0 Å². The zero-order valence-corrected chi connectivity index (χ0v) is 14.9. The monoisotopic (exact) mass is 381 g/mol. The zero-order valence-electron chi connectivity index (χ0n) is 14.0. The highest BCUT2D eigenvalue weighted by Crippen LogP contribution is 2.22. The van der Waals surface area contributed by atoms with Crippen LogP contribution in [0.2, 0.25) is 0 Å². The van der Waals surface area contributed by atoms with Gasteiger partial charge in [0.25, 0.3) is 11.8 Å². The van der Waals surface area contributed by atoms with Crippen molar-refractivity contribution >= 4 is 29.1 Å². The number of aromatic hydroxyl groups is 1. The van der Waals surface area contributed by atoms with E-state index in [1.807, 2.05) is 0 Å². The Bertz CT molecular complexity index is 947. The number of rotatable bonds is 5. The highest BCUT2D eigenvalue weighted by molar-refractivity contribution is 7.12. The summed E-state index contributed by atoms with van der Waals surface area (Å²) >= 11 is 1.21. The number of carbonyl (C=O) groups excluding carboxylic acids is 3. The molecule has 1 heterocycles. The summed E-state index contributed by atoms with van der Waals surface area (Å²) in [7, 11) is 0. The highest BCUT2D eigenvalue weighted by Gasteiger charge is 2.14. The molecule has 0 atom stereocenters. The third-order valence-electron chi connectivity index (χ3n) is 3.65. The van der Waals surface area contributed by atoms with Gasteiger partial charge < -0.3 is 9.84 Å². The Morgan fingerprint density at radius 3 is 2.15 bits per heavy atom. The van der Waals surface area contributed by atoms with Gasteiger partial charge in [0.15, 0.2) is 6.61 Å². The number of hydrogen-bond acceptors (Lipinski definition) is 6. The van der Waals surface area contributed by atoms with Crippen LogP contribution >= 0.6 is 11.3 Å². The first-order chi connectivity index (χ1) is 13.0. The minimum absolute atomic E-state index is 0.176. The lowest BCUT2D eigenvalue weighted by Crippen LogP contribution is -2.33. The Morgan fingerprint density at radius 2 is 1.56 bits per heavy atom. The van der Waals surface area contributed by atoms with Crippen LogP contribution in [0.1, 0.15) is 20.0 Å². The summed E-state index contributed by atoms with van der Waals surface area (Å²) in [4.78, 5) is 35.9. The number of benzene rings is 2. The molecule has 0 spiro atoms. The van der Waals surface area contributed by atoms with Gasteiger partial charge >= 0.3 is 5.97 Å². The van der Waals surface area contributed by atoms with Crippen LogP contribution in [0.15, 0.2) is 66.0 Å². The maximum Gasteiger partial charge on any atom is 0.338 e. The molecule has 2 N–H and O–H groups in total. The lowest BCUT2D eigenvalue weighted by Gasteiger charge is -2.06. The molecule has 0 saturated carbocycles. The van der Waals surface area contributed by atoms with E-state index in [-0.39, 0.29) is 11.3 Å². The SMILES string of the molecule is O=C(COC(=O)c1ccc(-c2ccc(O)cc2)cc1)NC(=O)c1cccs1. The topological polar surface area (TPSA) is 92.7 Å². The molecule has 7 heteroatoms. The Kier molecular flexibility index (Phi) is 5.63. The van der Waals surface area contributed by atoms with E-state index in [0.717, 1.165) is 11.1 Å². The molecule has 0 aliphatic heterocycles. The van der Waals surface area contributed by atoms with E-state index in [2.05, 4.69) is 5.32 Å². The second-order valence-electron chi connectivity index (χ2n) is 5.55. The van der Waals surface area contributed by atoms with Crippen LogP contribution in [-0.4, -0.2) is 29.5 Å². The van der Waals surface area contributed by atoms with Gasteiger partial charge in [-0.1, -0.05) is 30.3 Å². The third kappa shape index (κ3) is 4.80. The molecule has 0 radical (unpaired) electrons. The number of phenolic OH excluding ortho intramolecular Hbond substituents is 1. The lowest BCUT2D eigenvalue weighted by molar-refractivity contribution is -0.123. The molecule has 0 aliphatic rings. The first-order valence-electron chi connectivity index (χ1n) is 7.97. The molecule has 2 aromatic carbocycles. The lowest BCUT2D eigenvalue weighted by atomic mass is 10.0. The van der Waals surface area contributed by atoms with E-state index >= 15 is 0 Å². The van der Waals surface area contributed by atoms with Gasteiger partial charge in [-0.25, -0.2) is 4.79 Å². The maximum absolute atomic E-state index is 12.0. The van der Waals surface area contributed by atoms with E-state index in [1.165, 1.54) is 11.3 Å². The molecular formula is C20H15NO5S. The predicted octanol–water partition coefficient (Wildman–Crippen LogP) is 3.23. The number of thiophene rings is 1. The van der Waals surface area contributed by atoms with Crippen LogP contribution in [0, 0.1) is 0 Å². The summed E-state index contributed by atoms with van der Waals surface area (Å²) < 4.78 is 4.94. The fraction of sp³-hybridized carbons (Fsp3) is 0.0500. The highest BCUT2D eigenvalue weighted by atomic mass is 32.1. The number of phenols is 1. The van der Waals surface area contributed by atoms with Gasteiger partial charge in [-0.3, -0.25) is 14.9 Å². The molecule has 0 fully saturated rings. The number of imide groups is 1. The zero-order chi connectivity index (χ0) is 19.2. The molecule has 6 nitrogen and oxygen atoms in total. The molecule has 0 aliphatic carbocycles. The molecule has 27 heavy (non-hydrogen) atoms. The van der Waals surface area contributed by atoms with Crippen LogP contribution in [0.4, 0.5) is 0 Å². The van der Waals surface area contributed by atoms with Gasteiger partial charge in [-0.2, -0.15) is 0 Å².